The zero-order valence-corrected chi connectivity index (χ0v) is 18.3. The number of halogens is 2. The average Bonchev–Trinajstić information content (AvgIpc) is 3.38. The Bertz CT molecular complexity index is 1520. The van der Waals surface area contributed by atoms with Gasteiger partial charge in [0.2, 0.25) is 0 Å². The summed E-state index contributed by atoms with van der Waals surface area (Å²) in [5.41, 5.74) is 7.75. The van der Waals surface area contributed by atoms with Gasteiger partial charge in [-0.2, -0.15) is 5.26 Å². The molecule has 2 aliphatic rings. The summed E-state index contributed by atoms with van der Waals surface area (Å²) in [5, 5.41) is 14.1. The zero-order valence-electron chi connectivity index (χ0n) is 17.5. The molecule has 0 spiro atoms. The maximum absolute atomic E-state index is 15.8. The van der Waals surface area contributed by atoms with E-state index >= 15 is 4.39 Å². The Morgan fingerprint density at radius 2 is 2.03 bits per heavy atom. The fourth-order valence-electron chi connectivity index (χ4n) is 5.23. The van der Waals surface area contributed by atoms with E-state index in [9.17, 15) is 14.4 Å². The third-order valence-electron chi connectivity index (χ3n) is 6.74. The van der Waals surface area contributed by atoms with Crippen LogP contribution in [0.5, 0.6) is 0 Å². The van der Waals surface area contributed by atoms with Crippen LogP contribution in [0.15, 0.2) is 30.5 Å². The highest BCUT2D eigenvalue weighted by molar-refractivity contribution is 7.23. The van der Waals surface area contributed by atoms with Crippen molar-refractivity contribution in [3.8, 4) is 17.2 Å². The summed E-state index contributed by atoms with van der Waals surface area (Å²) in [6, 6.07) is 7.94. The van der Waals surface area contributed by atoms with Crippen LogP contribution in [0.1, 0.15) is 22.3 Å². The maximum Gasteiger partial charge on any atom is 0.256 e. The van der Waals surface area contributed by atoms with Crippen LogP contribution < -0.4 is 11.1 Å². The molecule has 1 amide bonds. The van der Waals surface area contributed by atoms with E-state index in [1.54, 1.807) is 6.07 Å². The van der Waals surface area contributed by atoms with Crippen LogP contribution in [0.25, 0.3) is 32.1 Å². The molecule has 33 heavy (non-hydrogen) atoms. The molecule has 0 bridgehead atoms. The van der Waals surface area contributed by atoms with Crippen LogP contribution in [-0.2, 0) is 6.54 Å². The van der Waals surface area contributed by atoms with Crippen LogP contribution in [0, 0.1) is 23.0 Å². The molecular weight excluding hydrogens is 444 g/mol. The number of rotatable bonds is 1. The van der Waals surface area contributed by atoms with Crippen molar-refractivity contribution in [3.05, 3.63) is 53.2 Å². The number of fused-ring (bicyclic) bond motifs is 2. The van der Waals surface area contributed by atoms with Crippen LogP contribution in [-0.4, -0.2) is 41.1 Å². The Morgan fingerprint density at radius 3 is 2.85 bits per heavy atom. The summed E-state index contributed by atoms with van der Waals surface area (Å²) in [4.78, 5) is 15.3. The normalized spacial score (nSPS) is 18.3. The number of carbonyl (C=O) groups is 1. The van der Waals surface area contributed by atoms with Gasteiger partial charge < -0.3 is 20.5 Å². The number of amides is 1. The lowest BCUT2D eigenvalue weighted by Crippen LogP contribution is -2.54. The number of nitrogens with zero attached hydrogens (tertiary/aromatic N) is 3. The predicted molar refractivity (Wildman–Crippen MR) is 124 cm³/mol. The molecule has 6 nitrogen and oxygen atoms in total. The van der Waals surface area contributed by atoms with E-state index in [-0.39, 0.29) is 32.8 Å². The first-order valence-corrected chi connectivity index (χ1v) is 11.5. The number of hydrogen-bond acceptors (Lipinski definition) is 5. The predicted octanol–water partition coefficient (Wildman–Crippen LogP) is 4.07. The maximum atomic E-state index is 15.8. The minimum absolute atomic E-state index is 0.0586. The fraction of sp³-hybridized carbons (Fsp3) is 0.250. The molecule has 3 N–H and O–H groups in total. The van der Waals surface area contributed by atoms with Crippen molar-refractivity contribution >= 4 is 43.2 Å². The van der Waals surface area contributed by atoms with Crippen molar-refractivity contribution in [1.29, 1.82) is 5.26 Å². The third kappa shape index (κ3) is 2.81. The number of nitrogens with one attached hydrogen (secondary N) is 1. The average molecular weight is 464 g/mol. The quantitative estimate of drug-likeness (QED) is 0.446. The molecule has 1 fully saturated rings. The Balaban J connectivity index is 1.66. The van der Waals surface area contributed by atoms with E-state index in [2.05, 4.69) is 5.32 Å². The molecule has 4 heterocycles. The Hall–Kier alpha value is -3.48. The van der Waals surface area contributed by atoms with Gasteiger partial charge in [-0.25, -0.2) is 8.78 Å². The number of thiophene rings is 1. The summed E-state index contributed by atoms with van der Waals surface area (Å²) < 4.78 is 32.6. The molecule has 2 aromatic heterocycles. The van der Waals surface area contributed by atoms with Crippen molar-refractivity contribution in [3.63, 3.8) is 0 Å². The van der Waals surface area contributed by atoms with Crippen molar-refractivity contribution < 1.29 is 13.6 Å². The van der Waals surface area contributed by atoms with Crippen molar-refractivity contribution in [2.45, 2.75) is 19.0 Å². The molecule has 6 rings (SSSR count). The molecule has 2 aromatic carbocycles. The number of benzene rings is 2. The highest BCUT2D eigenvalue weighted by atomic mass is 32.1. The van der Waals surface area contributed by atoms with Gasteiger partial charge in [0.1, 0.15) is 22.7 Å². The van der Waals surface area contributed by atoms with E-state index < -0.39 is 11.6 Å². The largest absolute Gasteiger partial charge is 0.389 e. The molecular formula is C24H19F2N5OS. The molecule has 1 saturated heterocycles. The van der Waals surface area contributed by atoms with Gasteiger partial charge in [-0.1, -0.05) is 6.07 Å². The first-order chi connectivity index (χ1) is 16.0. The van der Waals surface area contributed by atoms with E-state index in [4.69, 9.17) is 5.73 Å². The molecule has 1 atom stereocenters. The lowest BCUT2D eigenvalue weighted by molar-refractivity contribution is 0.0615. The summed E-state index contributed by atoms with van der Waals surface area (Å²) in [6.07, 6.45) is 2.65. The van der Waals surface area contributed by atoms with Crippen molar-refractivity contribution in [2.24, 2.45) is 0 Å². The number of aromatic nitrogens is 1. The first-order valence-electron chi connectivity index (χ1n) is 10.7. The second-order valence-electron chi connectivity index (χ2n) is 8.45. The minimum Gasteiger partial charge on any atom is -0.389 e. The first kappa shape index (κ1) is 20.1. The van der Waals surface area contributed by atoms with Crippen LogP contribution in [0.4, 0.5) is 13.8 Å². The van der Waals surface area contributed by atoms with Gasteiger partial charge >= 0.3 is 0 Å². The third-order valence-corrected chi connectivity index (χ3v) is 7.77. The minimum atomic E-state index is -0.586. The number of carbonyl (C=O) groups excluding carboxylic acids is 1. The topological polar surface area (TPSA) is 87.1 Å². The summed E-state index contributed by atoms with van der Waals surface area (Å²) in [5.74, 6) is -1.28. The number of nitriles is 1. The van der Waals surface area contributed by atoms with E-state index in [0.717, 1.165) is 24.3 Å². The fourth-order valence-corrected chi connectivity index (χ4v) is 6.18. The van der Waals surface area contributed by atoms with Crippen LogP contribution in [0.2, 0.25) is 0 Å². The van der Waals surface area contributed by atoms with Crippen LogP contribution in [0.3, 0.4) is 0 Å². The van der Waals surface area contributed by atoms with Gasteiger partial charge in [-0.3, -0.25) is 4.79 Å². The molecule has 0 unspecified atom stereocenters. The van der Waals surface area contributed by atoms with Gasteiger partial charge in [0.25, 0.3) is 5.91 Å². The monoisotopic (exact) mass is 463 g/mol. The van der Waals surface area contributed by atoms with Gasteiger partial charge in [0.15, 0.2) is 0 Å². The lowest BCUT2D eigenvalue weighted by atomic mass is 9.93. The number of nitrogen functional groups attached to an aromatic ring is 1. The van der Waals surface area contributed by atoms with Gasteiger partial charge in [-0.15, -0.1) is 11.3 Å². The van der Waals surface area contributed by atoms with Crippen LogP contribution >= 0.6 is 11.3 Å². The van der Waals surface area contributed by atoms with E-state index in [0.29, 0.717) is 47.1 Å². The summed E-state index contributed by atoms with van der Waals surface area (Å²) >= 11 is 0.979. The van der Waals surface area contributed by atoms with Gasteiger partial charge in [-0.05, 0) is 30.2 Å². The Kier molecular flexibility index (Phi) is 4.44. The Labute approximate surface area is 191 Å². The van der Waals surface area contributed by atoms with Gasteiger partial charge in [0.05, 0.1) is 21.3 Å². The molecule has 9 heteroatoms. The van der Waals surface area contributed by atoms with Crippen molar-refractivity contribution in [1.82, 2.24) is 14.8 Å². The van der Waals surface area contributed by atoms with E-state index in [1.807, 2.05) is 21.7 Å². The van der Waals surface area contributed by atoms with E-state index in [1.165, 1.54) is 18.2 Å². The zero-order chi connectivity index (χ0) is 22.9. The number of aryl methyl sites for hydroxylation is 1. The second-order valence-corrected chi connectivity index (χ2v) is 9.50. The van der Waals surface area contributed by atoms with Gasteiger partial charge in [0, 0.05) is 54.8 Å². The number of hydrogen-bond donors (Lipinski definition) is 2. The highest BCUT2D eigenvalue weighted by Gasteiger charge is 2.33. The number of piperazine rings is 1. The molecule has 0 aliphatic carbocycles. The number of anilines is 1. The highest BCUT2D eigenvalue weighted by Crippen LogP contribution is 2.44. The second kappa shape index (κ2) is 7.27. The van der Waals surface area contributed by atoms with Crippen molar-refractivity contribution in [2.75, 3.05) is 25.4 Å². The molecule has 0 radical (unpaired) electrons. The summed E-state index contributed by atoms with van der Waals surface area (Å²) in [7, 11) is 0. The molecule has 0 saturated carbocycles. The summed E-state index contributed by atoms with van der Waals surface area (Å²) in [6.45, 7) is 2.69. The SMILES string of the molecule is N#Cc1c(N)sc2c(F)ccc(-c3c(F)cc4c5c3ccn5CC[C@@H]3CNCCN3C4=O)c12. The molecule has 4 aromatic rings. The molecule has 2 aliphatic heterocycles. The molecule has 166 valence electrons. The lowest BCUT2D eigenvalue weighted by Gasteiger charge is -2.38. The standard InChI is InChI=1S/C24H19F2N5OS/c25-17-2-1-13(20-16(10-27)23(28)33-22(17)20)19-14-4-7-30-6-3-12-11-29-5-8-31(12)24(32)15(21(14)30)9-18(19)26/h1-2,4,7,9,12,29H,3,5-6,8,11,28H2/t12-/m1/s1. The number of nitrogens with two attached hydrogens (primary N) is 1. The smallest absolute Gasteiger partial charge is 0.256 e. The Morgan fingerprint density at radius 1 is 1.18 bits per heavy atom.